The van der Waals surface area contributed by atoms with E-state index in [2.05, 4.69) is 25.7 Å². The molecule has 2 aliphatic rings. The van der Waals surface area contributed by atoms with E-state index in [9.17, 15) is 76.7 Å². The lowest BCUT2D eigenvalue weighted by atomic mass is 9.73. The number of hydrogen-bond donors (Lipinski definition) is 3. The molecule has 2 fully saturated rings. The zero-order chi connectivity index (χ0) is 68.5. The lowest BCUT2D eigenvalue weighted by Crippen LogP contribution is -2.64. The number of esters is 2. The highest BCUT2D eigenvalue weighted by molar-refractivity contribution is 5.73. The van der Waals surface area contributed by atoms with Gasteiger partial charge in [0, 0.05) is 13.1 Å². The number of piperidine rings is 2. The van der Waals surface area contributed by atoms with Gasteiger partial charge in [0.1, 0.15) is 19.3 Å². The van der Waals surface area contributed by atoms with Crippen molar-refractivity contribution < 1.29 is 90.8 Å². The smallest absolute Gasteiger partial charge is 0.416 e. The number of carbonyl (C=O) groups is 3. The molecule has 94 heavy (non-hydrogen) atoms. The van der Waals surface area contributed by atoms with E-state index in [1.54, 1.807) is 92.7 Å². The van der Waals surface area contributed by atoms with Crippen molar-refractivity contribution in [1.29, 1.82) is 0 Å². The molecule has 4 heterocycles. The maximum Gasteiger partial charge on any atom is 0.416 e. The average molecular weight is 1340 g/mol. The number of alkyl halides is 12. The van der Waals surface area contributed by atoms with E-state index >= 15 is 0 Å². The molecule has 0 aliphatic carbocycles. The van der Waals surface area contributed by atoms with Crippen molar-refractivity contribution in [3.63, 3.8) is 0 Å². The molecule has 5 aromatic carbocycles. The predicted molar refractivity (Wildman–Crippen MR) is 312 cm³/mol. The fourth-order valence-corrected chi connectivity index (χ4v) is 11.7. The van der Waals surface area contributed by atoms with Crippen LogP contribution in [0.2, 0.25) is 0 Å². The number of H-pyrrole nitrogens is 2. The molecule has 506 valence electrons. The third-order valence-corrected chi connectivity index (χ3v) is 16.8. The van der Waals surface area contributed by atoms with Gasteiger partial charge in [-0.05, 0) is 118 Å². The Hall–Kier alpha value is -8.77. The molecule has 18 nitrogen and oxygen atoms in total. The fourth-order valence-electron chi connectivity index (χ4n) is 11.7. The van der Waals surface area contributed by atoms with Crippen molar-refractivity contribution >= 4 is 18.0 Å². The summed E-state index contributed by atoms with van der Waals surface area (Å²) in [6, 6.07) is 28.8. The van der Waals surface area contributed by atoms with E-state index in [0.29, 0.717) is 35.4 Å². The molecular weight excluding hydrogens is 1270 g/mol. The van der Waals surface area contributed by atoms with Crippen LogP contribution in [0.25, 0.3) is 0 Å². The maximum absolute atomic E-state index is 14.3. The van der Waals surface area contributed by atoms with Crippen molar-refractivity contribution in [2.45, 2.75) is 132 Å². The molecular formula is C64H66F12N8O10. The van der Waals surface area contributed by atoms with Crippen molar-refractivity contribution in [2.75, 3.05) is 39.5 Å². The molecule has 2 saturated heterocycles. The van der Waals surface area contributed by atoms with Crippen molar-refractivity contribution in [2.24, 2.45) is 0 Å². The Morgan fingerprint density at radius 1 is 0.532 bits per heavy atom. The van der Waals surface area contributed by atoms with E-state index < -0.39 is 117 Å². The van der Waals surface area contributed by atoms with Crippen molar-refractivity contribution in [3.8, 4) is 0 Å². The highest BCUT2D eigenvalue weighted by Gasteiger charge is 2.55. The Morgan fingerprint density at radius 3 is 1.36 bits per heavy atom. The summed E-state index contributed by atoms with van der Waals surface area (Å²) in [5.74, 6) is -1.18. The average Bonchev–Trinajstić information content (AvgIpc) is 1.05. The standard InChI is InChI=1S/C36H36F6N4O6.C28H30F6N4O4/c1-3-50-30(47)19-33(46-23-43-44-31(46)48)14-15-34(27-12-8-5-9-13-27,45(21-33)32(49)51-20-25-10-6-4-7-11-25)22-52-24(2)26-16-28(35(37,38)39)18-29(17-26)36(40,41)42;1-3-41-23(39)14-25(38-17-36-37-24(38)40)9-10-26(35-15-25,20-7-5-4-6-8-20)16-42-18(2)19-11-21(27(29,30)31)13-22(12-19)28(32,33)34/h4-13,16-18,23-24H,3,14-15,19-22H2,1-2H3,(H,44,48);4-8,11-13,17-18,35H,3,9-10,14-16H2,1-2H3,(H,37,40)/t24-,33-,34-;18-,25-,26-/m11/s1. The lowest BCUT2D eigenvalue weighted by Gasteiger charge is -2.53. The summed E-state index contributed by atoms with van der Waals surface area (Å²) in [5.41, 5.74) is -10.7. The molecule has 0 unspecified atom stereocenters. The van der Waals surface area contributed by atoms with E-state index in [1.807, 2.05) is 12.1 Å². The highest BCUT2D eigenvalue weighted by atomic mass is 19.4. The van der Waals surface area contributed by atoms with Gasteiger partial charge in [-0.25, -0.2) is 24.6 Å². The second kappa shape index (κ2) is 28.8. The van der Waals surface area contributed by atoms with Gasteiger partial charge in [0.05, 0.1) is 95.9 Å². The number of halogens is 12. The number of aromatic nitrogens is 6. The zero-order valence-electron chi connectivity index (χ0n) is 51.0. The number of nitrogens with one attached hydrogen (secondary N) is 3. The number of hydrogen-bond acceptors (Lipinski definition) is 13. The van der Waals surface area contributed by atoms with Gasteiger partial charge in [-0.1, -0.05) is 91.0 Å². The minimum Gasteiger partial charge on any atom is -0.466 e. The van der Waals surface area contributed by atoms with Crippen LogP contribution in [-0.2, 0) is 86.7 Å². The van der Waals surface area contributed by atoms with Gasteiger partial charge in [0.25, 0.3) is 0 Å². The van der Waals surface area contributed by atoms with Gasteiger partial charge < -0.3 is 29.0 Å². The number of ether oxygens (including phenoxy) is 5. The molecule has 3 N–H and O–H groups in total. The normalized spacial score (nSPS) is 20.9. The van der Waals surface area contributed by atoms with Crippen LogP contribution in [0, 0.1) is 0 Å². The number of nitrogens with zero attached hydrogens (tertiary/aromatic N) is 5. The van der Waals surface area contributed by atoms with Crippen molar-refractivity contribution in [3.05, 3.63) is 211 Å². The molecule has 0 spiro atoms. The fraction of sp³-hybridized carbons (Fsp3) is 0.422. The van der Waals surface area contributed by atoms with Gasteiger partial charge in [0.15, 0.2) is 0 Å². The second-order valence-electron chi connectivity index (χ2n) is 22.9. The predicted octanol–water partition coefficient (Wildman–Crippen LogP) is 12.7. The molecule has 7 aromatic rings. The Bertz CT molecular complexity index is 3750. The monoisotopic (exact) mass is 1330 g/mol. The third kappa shape index (κ3) is 16.6. The van der Waals surface area contributed by atoms with Crippen LogP contribution in [0.5, 0.6) is 0 Å². The molecule has 0 saturated carbocycles. The van der Waals surface area contributed by atoms with E-state index in [4.69, 9.17) is 23.7 Å². The summed E-state index contributed by atoms with van der Waals surface area (Å²) in [6.07, 6.45) is -20.8. The first-order valence-electron chi connectivity index (χ1n) is 29.5. The Labute approximate surface area is 529 Å². The summed E-state index contributed by atoms with van der Waals surface area (Å²) < 4.78 is 194. The van der Waals surface area contributed by atoms with E-state index in [0.717, 1.165) is 5.56 Å². The number of amides is 1. The van der Waals surface area contributed by atoms with Crippen LogP contribution in [-0.4, -0.2) is 92.0 Å². The minimum absolute atomic E-state index is 0.00239. The van der Waals surface area contributed by atoms with Gasteiger partial charge in [-0.2, -0.15) is 62.9 Å². The summed E-state index contributed by atoms with van der Waals surface area (Å²) >= 11 is 0. The number of benzene rings is 5. The first-order chi connectivity index (χ1) is 44.3. The van der Waals surface area contributed by atoms with Crippen LogP contribution in [0.4, 0.5) is 57.5 Å². The Kier molecular flexibility index (Phi) is 21.8. The molecule has 0 radical (unpaired) electrons. The summed E-state index contributed by atoms with van der Waals surface area (Å²) in [4.78, 5) is 66.7. The van der Waals surface area contributed by atoms with E-state index in [1.165, 1.54) is 40.5 Å². The Morgan fingerprint density at radius 2 is 0.947 bits per heavy atom. The van der Waals surface area contributed by atoms with Crippen molar-refractivity contribution in [1.82, 2.24) is 39.7 Å². The van der Waals surface area contributed by atoms with Crippen LogP contribution >= 0.6 is 0 Å². The van der Waals surface area contributed by atoms with Gasteiger partial charge in [0.2, 0.25) is 0 Å². The minimum atomic E-state index is -5.07. The first kappa shape index (κ1) is 71.1. The summed E-state index contributed by atoms with van der Waals surface area (Å²) in [7, 11) is 0. The quantitative estimate of drug-likeness (QED) is 0.0368. The van der Waals surface area contributed by atoms with E-state index in [-0.39, 0.29) is 101 Å². The molecule has 2 aliphatic heterocycles. The van der Waals surface area contributed by atoms with Crippen LogP contribution < -0.4 is 16.7 Å². The number of aromatic amines is 2. The topological polar surface area (TPSA) is 214 Å². The zero-order valence-corrected chi connectivity index (χ0v) is 51.0. The highest BCUT2D eigenvalue weighted by Crippen LogP contribution is 2.48. The number of rotatable bonds is 20. The second-order valence-corrected chi connectivity index (χ2v) is 22.9. The molecule has 6 atom stereocenters. The van der Waals surface area contributed by atoms with Crippen LogP contribution in [0.1, 0.15) is 128 Å². The maximum atomic E-state index is 14.3. The first-order valence-corrected chi connectivity index (χ1v) is 29.5. The summed E-state index contributed by atoms with van der Waals surface area (Å²) in [5, 5.41) is 15.7. The molecule has 0 bridgehead atoms. The van der Waals surface area contributed by atoms with Gasteiger partial charge in [-0.15, -0.1) is 0 Å². The SMILES string of the molecule is CCOC(=O)C[C@]1(n2cn[nH]c2=O)CC[C@@](CO[C@H](C)c2cc(C(F)(F)F)cc(C(F)(F)F)c2)(c2ccccc2)N(C(=O)OCc2ccccc2)C1.CCOC(=O)C[C@]1(n2cn[nH]c2=O)CC[C@@](CO[C@H](C)c2cc(C(F)(F)F)cc(C(F)(F)F)c2)(c2ccccc2)NC1. The number of likely N-dealkylation sites (tertiary alicyclic amines) is 1. The Balaban J connectivity index is 0.000000247. The number of carbonyl (C=O) groups excluding carboxylic acids is 3. The third-order valence-electron chi connectivity index (χ3n) is 16.8. The van der Waals surface area contributed by atoms with Crippen LogP contribution in [0.3, 0.4) is 0 Å². The molecule has 30 heteroatoms. The largest absolute Gasteiger partial charge is 0.466 e. The van der Waals surface area contributed by atoms with Gasteiger partial charge in [-0.3, -0.25) is 23.6 Å². The van der Waals surface area contributed by atoms with Gasteiger partial charge >= 0.3 is 54.1 Å². The van der Waals surface area contributed by atoms with Crippen LogP contribution in [0.15, 0.2) is 150 Å². The molecule has 9 rings (SSSR count). The molecule has 2 aromatic heterocycles. The summed E-state index contributed by atoms with van der Waals surface area (Å²) in [6.45, 7) is 5.19. The lowest BCUT2D eigenvalue weighted by molar-refractivity contribution is -0.149. The molecule has 1 amide bonds.